The van der Waals surface area contributed by atoms with E-state index in [4.69, 9.17) is 16.3 Å². The summed E-state index contributed by atoms with van der Waals surface area (Å²) in [6.07, 6.45) is 0. The number of para-hydroxylation sites is 1. The lowest BCUT2D eigenvalue weighted by Crippen LogP contribution is -2.53. The molecule has 6 heteroatoms. The quantitative estimate of drug-likeness (QED) is 0.760. The smallest absolute Gasteiger partial charge is 0.261 e. The van der Waals surface area contributed by atoms with Gasteiger partial charge in [-0.25, -0.2) is 0 Å². The first-order valence-electron chi connectivity index (χ1n) is 9.19. The Bertz CT molecular complexity index is 803. The number of hydrogen-bond donors (Lipinski definition) is 1. The number of benzene rings is 2. The molecule has 2 amide bonds. The molecule has 0 aliphatic carbocycles. The number of rotatable bonds is 7. The third-order valence-corrected chi connectivity index (χ3v) is 4.25. The fraction of sp³-hybridized carbons (Fsp3) is 0.364. The summed E-state index contributed by atoms with van der Waals surface area (Å²) >= 11 is 6.07. The molecule has 0 bridgehead atoms. The van der Waals surface area contributed by atoms with E-state index in [1.165, 1.54) is 4.90 Å². The Morgan fingerprint density at radius 1 is 1.11 bits per heavy atom. The molecule has 150 valence electrons. The van der Waals surface area contributed by atoms with Crippen molar-refractivity contribution in [3.63, 3.8) is 0 Å². The Morgan fingerprint density at radius 2 is 1.79 bits per heavy atom. The average molecular weight is 403 g/mol. The Kier molecular flexibility index (Phi) is 7.46. The van der Waals surface area contributed by atoms with Crippen LogP contribution >= 0.6 is 11.6 Å². The summed E-state index contributed by atoms with van der Waals surface area (Å²) in [4.78, 5) is 27.1. The van der Waals surface area contributed by atoms with E-state index in [-0.39, 0.29) is 25.0 Å². The highest BCUT2D eigenvalue weighted by Gasteiger charge is 2.28. The summed E-state index contributed by atoms with van der Waals surface area (Å²) in [5.74, 6) is 0.105. The molecule has 0 saturated heterocycles. The Morgan fingerprint density at radius 3 is 2.39 bits per heavy atom. The van der Waals surface area contributed by atoms with Gasteiger partial charge in [0.2, 0.25) is 5.91 Å². The Hall–Kier alpha value is -2.53. The van der Waals surface area contributed by atoms with Crippen molar-refractivity contribution in [1.82, 2.24) is 10.2 Å². The topological polar surface area (TPSA) is 58.6 Å². The standard InChI is InChI=1S/C22H27ClN2O3/c1-16(21(27)24-22(2,3)4)25(14-17-9-8-10-18(23)13-17)20(26)15-28-19-11-6-5-7-12-19/h5-13,16H,14-15H2,1-4H3,(H,24,27)/t16-/m1/s1. The molecule has 0 aliphatic rings. The first-order chi connectivity index (χ1) is 13.2. The summed E-state index contributed by atoms with van der Waals surface area (Å²) in [5.41, 5.74) is 0.451. The second-order valence-corrected chi connectivity index (χ2v) is 8.10. The normalized spacial score (nSPS) is 12.2. The second kappa shape index (κ2) is 9.60. The van der Waals surface area contributed by atoms with Crippen molar-refractivity contribution in [2.75, 3.05) is 6.61 Å². The molecule has 28 heavy (non-hydrogen) atoms. The molecule has 0 radical (unpaired) electrons. The lowest BCUT2D eigenvalue weighted by molar-refractivity contribution is -0.142. The lowest BCUT2D eigenvalue weighted by atomic mass is 10.1. The number of amides is 2. The number of hydrogen-bond acceptors (Lipinski definition) is 3. The van der Waals surface area contributed by atoms with Gasteiger partial charge in [-0.1, -0.05) is 41.9 Å². The van der Waals surface area contributed by atoms with Crippen LogP contribution in [0.1, 0.15) is 33.3 Å². The SMILES string of the molecule is C[C@H](C(=O)NC(C)(C)C)N(Cc1cccc(Cl)c1)C(=O)COc1ccccc1. The van der Waals surface area contributed by atoms with Gasteiger partial charge in [0.05, 0.1) is 0 Å². The van der Waals surface area contributed by atoms with Crippen molar-refractivity contribution < 1.29 is 14.3 Å². The summed E-state index contributed by atoms with van der Waals surface area (Å²) in [6, 6.07) is 15.7. The minimum absolute atomic E-state index is 0.155. The molecule has 0 aliphatic heterocycles. The maximum absolute atomic E-state index is 12.9. The van der Waals surface area contributed by atoms with E-state index in [1.54, 1.807) is 31.2 Å². The predicted molar refractivity (Wildman–Crippen MR) is 111 cm³/mol. The maximum Gasteiger partial charge on any atom is 0.261 e. The second-order valence-electron chi connectivity index (χ2n) is 7.67. The van der Waals surface area contributed by atoms with Crippen LogP contribution in [-0.4, -0.2) is 34.9 Å². The zero-order valence-electron chi connectivity index (χ0n) is 16.7. The van der Waals surface area contributed by atoms with Crippen LogP contribution in [0.3, 0.4) is 0 Å². The summed E-state index contributed by atoms with van der Waals surface area (Å²) in [7, 11) is 0. The van der Waals surface area contributed by atoms with E-state index in [0.717, 1.165) is 5.56 Å². The van der Waals surface area contributed by atoms with Crippen molar-refractivity contribution in [2.24, 2.45) is 0 Å². The van der Waals surface area contributed by atoms with Gasteiger partial charge in [-0.15, -0.1) is 0 Å². The Balaban J connectivity index is 2.16. The average Bonchev–Trinajstić information content (AvgIpc) is 2.63. The summed E-state index contributed by atoms with van der Waals surface area (Å²) < 4.78 is 5.59. The zero-order valence-corrected chi connectivity index (χ0v) is 17.5. The third kappa shape index (κ3) is 6.89. The van der Waals surface area contributed by atoms with Crippen LogP contribution in [0.2, 0.25) is 5.02 Å². The molecule has 0 fully saturated rings. The van der Waals surface area contributed by atoms with Crippen LogP contribution in [-0.2, 0) is 16.1 Å². The van der Waals surface area contributed by atoms with E-state index in [0.29, 0.717) is 10.8 Å². The molecule has 0 saturated carbocycles. The Labute approximate surface area is 171 Å². The third-order valence-electron chi connectivity index (χ3n) is 4.01. The van der Waals surface area contributed by atoms with E-state index < -0.39 is 11.6 Å². The summed E-state index contributed by atoms with van der Waals surface area (Å²) in [5, 5.41) is 3.51. The van der Waals surface area contributed by atoms with Crippen molar-refractivity contribution in [2.45, 2.75) is 45.8 Å². The van der Waals surface area contributed by atoms with Gasteiger partial charge in [0.15, 0.2) is 6.61 Å². The van der Waals surface area contributed by atoms with E-state index >= 15 is 0 Å². The molecule has 1 atom stereocenters. The molecule has 2 rings (SSSR count). The van der Waals surface area contributed by atoms with Crippen LogP contribution in [0.15, 0.2) is 54.6 Å². The van der Waals surface area contributed by atoms with E-state index in [9.17, 15) is 9.59 Å². The molecule has 0 aromatic heterocycles. The monoisotopic (exact) mass is 402 g/mol. The molecule has 2 aromatic rings. The van der Waals surface area contributed by atoms with Gasteiger partial charge in [-0.2, -0.15) is 0 Å². The number of ether oxygens (including phenoxy) is 1. The summed E-state index contributed by atoms with van der Waals surface area (Å²) in [6.45, 7) is 7.53. The van der Waals surface area contributed by atoms with Gasteiger partial charge in [0, 0.05) is 17.1 Å². The van der Waals surface area contributed by atoms with Crippen LogP contribution in [0.4, 0.5) is 0 Å². The molecular weight excluding hydrogens is 376 g/mol. The van der Waals surface area contributed by atoms with Crippen molar-refractivity contribution in [3.8, 4) is 5.75 Å². The van der Waals surface area contributed by atoms with E-state index in [2.05, 4.69) is 5.32 Å². The molecule has 5 nitrogen and oxygen atoms in total. The molecule has 2 aromatic carbocycles. The number of nitrogens with one attached hydrogen (secondary N) is 1. The van der Waals surface area contributed by atoms with Gasteiger partial charge in [0.1, 0.15) is 11.8 Å². The number of nitrogens with zero attached hydrogens (tertiary/aromatic N) is 1. The molecule has 0 heterocycles. The van der Waals surface area contributed by atoms with E-state index in [1.807, 2.05) is 51.1 Å². The van der Waals surface area contributed by atoms with Crippen LogP contribution in [0.5, 0.6) is 5.75 Å². The zero-order chi connectivity index (χ0) is 20.7. The molecule has 0 unspecified atom stereocenters. The fourth-order valence-electron chi connectivity index (χ4n) is 2.63. The van der Waals surface area contributed by atoms with Crippen molar-refractivity contribution >= 4 is 23.4 Å². The van der Waals surface area contributed by atoms with Crippen LogP contribution < -0.4 is 10.1 Å². The minimum Gasteiger partial charge on any atom is -0.484 e. The molecule has 0 spiro atoms. The van der Waals surface area contributed by atoms with Gasteiger partial charge >= 0.3 is 0 Å². The lowest BCUT2D eigenvalue weighted by Gasteiger charge is -2.31. The predicted octanol–water partition coefficient (Wildman–Crippen LogP) is 4.05. The maximum atomic E-state index is 12.9. The van der Waals surface area contributed by atoms with Gasteiger partial charge in [0.25, 0.3) is 5.91 Å². The van der Waals surface area contributed by atoms with Crippen LogP contribution in [0, 0.1) is 0 Å². The number of carbonyl (C=O) groups is 2. The van der Waals surface area contributed by atoms with Gasteiger partial charge < -0.3 is 15.0 Å². The first kappa shape index (κ1) is 21.8. The molecular formula is C22H27ClN2O3. The minimum atomic E-state index is -0.662. The van der Waals surface area contributed by atoms with Gasteiger partial charge in [-0.05, 0) is 57.5 Å². The largest absolute Gasteiger partial charge is 0.484 e. The van der Waals surface area contributed by atoms with Gasteiger partial charge in [-0.3, -0.25) is 9.59 Å². The highest BCUT2D eigenvalue weighted by molar-refractivity contribution is 6.30. The highest BCUT2D eigenvalue weighted by Crippen LogP contribution is 2.16. The fourth-order valence-corrected chi connectivity index (χ4v) is 2.85. The first-order valence-corrected chi connectivity index (χ1v) is 9.57. The number of halogens is 1. The highest BCUT2D eigenvalue weighted by atomic mass is 35.5. The van der Waals surface area contributed by atoms with Crippen LogP contribution in [0.25, 0.3) is 0 Å². The van der Waals surface area contributed by atoms with Crippen molar-refractivity contribution in [3.05, 3.63) is 65.2 Å². The van der Waals surface area contributed by atoms with Crippen molar-refractivity contribution in [1.29, 1.82) is 0 Å². The number of carbonyl (C=O) groups excluding carboxylic acids is 2. The molecule has 1 N–H and O–H groups in total.